The fourth-order valence-corrected chi connectivity index (χ4v) is 1.98. The summed E-state index contributed by atoms with van der Waals surface area (Å²) in [6, 6.07) is 7.95. The lowest BCUT2D eigenvalue weighted by Gasteiger charge is -2.26. The number of nitrogens with zero attached hydrogens (tertiary/aromatic N) is 1. The molecule has 18 heavy (non-hydrogen) atoms. The average Bonchev–Trinajstić information content (AvgIpc) is 2.38. The number of hydrogen-bond donors (Lipinski definition) is 1. The highest BCUT2D eigenvalue weighted by molar-refractivity contribution is 5.85. The molecule has 2 rings (SSSR count). The van der Waals surface area contributed by atoms with Gasteiger partial charge in [-0.2, -0.15) is 0 Å². The van der Waals surface area contributed by atoms with Crippen LogP contribution in [0.2, 0.25) is 0 Å². The maximum Gasteiger partial charge on any atom is 0.328 e. The minimum absolute atomic E-state index is 0.790. The Morgan fingerprint density at radius 1 is 1.39 bits per heavy atom. The Morgan fingerprint density at radius 2 is 2.17 bits per heavy atom. The van der Waals surface area contributed by atoms with Gasteiger partial charge in [-0.15, -0.1) is 0 Å². The maximum absolute atomic E-state index is 10.5. The van der Waals surface area contributed by atoms with Crippen molar-refractivity contribution in [2.75, 3.05) is 26.3 Å². The van der Waals surface area contributed by atoms with Crippen molar-refractivity contribution in [1.82, 2.24) is 4.90 Å². The van der Waals surface area contributed by atoms with Gasteiger partial charge < -0.3 is 9.84 Å². The van der Waals surface area contributed by atoms with Gasteiger partial charge in [0.25, 0.3) is 0 Å². The summed E-state index contributed by atoms with van der Waals surface area (Å²) in [4.78, 5) is 12.8. The lowest BCUT2D eigenvalue weighted by Crippen LogP contribution is -2.35. The van der Waals surface area contributed by atoms with Gasteiger partial charge >= 0.3 is 5.97 Å². The molecular formula is C14H17NO3. The number of carboxylic acid groups (broad SMARTS) is 1. The Morgan fingerprint density at radius 3 is 2.89 bits per heavy atom. The Balaban J connectivity index is 2.00. The number of aliphatic carboxylic acids is 1. The summed E-state index contributed by atoms with van der Waals surface area (Å²) in [5, 5.41) is 8.60. The molecule has 0 saturated carbocycles. The average molecular weight is 247 g/mol. The molecule has 0 bridgehead atoms. The molecule has 0 spiro atoms. The standard InChI is InChI=1S/C14H17NO3/c16-14(17)5-4-12-2-1-3-13(10-12)11-15-6-8-18-9-7-15/h1-5,10H,6-9,11H2,(H,16,17)/b5-4+. The van der Waals surface area contributed by atoms with Crippen LogP contribution in [0.25, 0.3) is 6.08 Å². The number of ether oxygens (including phenoxy) is 1. The second kappa shape index (κ2) is 6.33. The highest BCUT2D eigenvalue weighted by Gasteiger charge is 2.10. The third-order valence-electron chi connectivity index (χ3n) is 2.88. The second-order valence-electron chi connectivity index (χ2n) is 4.31. The van der Waals surface area contributed by atoms with Crippen LogP contribution in [0, 0.1) is 0 Å². The first-order valence-electron chi connectivity index (χ1n) is 6.04. The zero-order chi connectivity index (χ0) is 12.8. The molecule has 1 aromatic rings. The van der Waals surface area contributed by atoms with Gasteiger partial charge in [-0.1, -0.05) is 24.3 Å². The smallest absolute Gasteiger partial charge is 0.328 e. The highest BCUT2D eigenvalue weighted by atomic mass is 16.5. The van der Waals surface area contributed by atoms with Crippen LogP contribution >= 0.6 is 0 Å². The lowest BCUT2D eigenvalue weighted by molar-refractivity contribution is -0.131. The normalized spacial score (nSPS) is 17.1. The highest BCUT2D eigenvalue weighted by Crippen LogP contribution is 2.11. The molecular weight excluding hydrogens is 230 g/mol. The van der Waals surface area contributed by atoms with Crippen LogP contribution in [-0.4, -0.2) is 42.3 Å². The van der Waals surface area contributed by atoms with Gasteiger partial charge in [0, 0.05) is 25.7 Å². The molecule has 1 fully saturated rings. The van der Waals surface area contributed by atoms with Crippen molar-refractivity contribution in [3.8, 4) is 0 Å². The summed E-state index contributed by atoms with van der Waals surface area (Å²) in [7, 11) is 0. The van der Waals surface area contributed by atoms with E-state index in [9.17, 15) is 4.79 Å². The zero-order valence-electron chi connectivity index (χ0n) is 10.2. The van der Waals surface area contributed by atoms with E-state index in [4.69, 9.17) is 9.84 Å². The van der Waals surface area contributed by atoms with E-state index in [0.29, 0.717) is 0 Å². The monoisotopic (exact) mass is 247 g/mol. The van der Waals surface area contributed by atoms with Gasteiger partial charge in [0.1, 0.15) is 0 Å². The Kier molecular flexibility index (Phi) is 4.50. The fraction of sp³-hybridized carbons (Fsp3) is 0.357. The van der Waals surface area contributed by atoms with Crippen LogP contribution in [-0.2, 0) is 16.1 Å². The quantitative estimate of drug-likeness (QED) is 0.821. The number of benzene rings is 1. The zero-order valence-corrected chi connectivity index (χ0v) is 10.2. The van der Waals surface area contributed by atoms with Crippen LogP contribution in [0.5, 0.6) is 0 Å². The molecule has 1 aliphatic rings. The van der Waals surface area contributed by atoms with E-state index < -0.39 is 5.97 Å². The van der Waals surface area contributed by atoms with Gasteiger partial charge in [-0.05, 0) is 17.2 Å². The van der Waals surface area contributed by atoms with E-state index in [1.165, 1.54) is 5.56 Å². The van der Waals surface area contributed by atoms with E-state index in [1.807, 2.05) is 18.2 Å². The third kappa shape index (κ3) is 3.98. The summed E-state index contributed by atoms with van der Waals surface area (Å²) in [5.74, 6) is -0.923. The maximum atomic E-state index is 10.5. The molecule has 4 nitrogen and oxygen atoms in total. The Bertz CT molecular complexity index is 436. The van der Waals surface area contributed by atoms with Crippen molar-refractivity contribution in [1.29, 1.82) is 0 Å². The molecule has 1 N–H and O–H groups in total. The van der Waals surface area contributed by atoms with Crippen LogP contribution in [0.15, 0.2) is 30.3 Å². The van der Waals surface area contributed by atoms with Crippen LogP contribution in [0.4, 0.5) is 0 Å². The topological polar surface area (TPSA) is 49.8 Å². The van der Waals surface area contributed by atoms with Crippen molar-refractivity contribution >= 4 is 12.0 Å². The third-order valence-corrected chi connectivity index (χ3v) is 2.88. The predicted molar refractivity (Wildman–Crippen MR) is 69.2 cm³/mol. The molecule has 0 amide bonds. The molecule has 1 heterocycles. The van der Waals surface area contributed by atoms with Crippen molar-refractivity contribution in [2.45, 2.75) is 6.54 Å². The molecule has 1 aliphatic heterocycles. The van der Waals surface area contributed by atoms with E-state index in [-0.39, 0.29) is 0 Å². The Hall–Kier alpha value is -1.65. The van der Waals surface area contributed by atoms with Crippen molar-refractivity contribution < 1.29 is 14.6 Å². The summed E-state index contributed by atoms with van der Waals surface area (Å²) in [6.07, 6.45) is 2.78. The molecule has 1 aromatic carbocycles. The van der Waals surface area contributed by atoms with Crippen LogP contribution in [0.1, 0.15) is 11.1 Å². The Labute approximate surface area is 106 Å². The molecule has 96 valence electrons. The number of carboxylic acids is 1. The van der Waals surface area contributed by atoms with E-state index >= 15 is 0 Å². The number of rotatable bonds is 4. The van der Waals surface area contributed by atoms with E-state index in [1.54, 1.807) is 6.08 Å². The SMILES string of the molecule is O=C(O)/C=C/c1cccc(CN2CCOCC2)c1. The number of morpholine rings is 1. The predicted octanol–water partition coefficient (Wildman–Crippen LogP) is 1.62. The molecule has 0 aromatic heterocycles. The number of carbonyl (C=O) groups is 1. The summed E-state index contributed by atoms with van der Waals surface area (Å²) < 4.78 is 5.31. The van der Waals surface area contributed by atoms with Crippen molar-refractivity contribution in [3.05, 3.63) is 41.5 Å². The molecule has 0 radical (unpaired) electrons. The summed E-state index contributed by atoms with van der Waals surface area (Å²) in [6.45, 7) is 4.37. The van der Waals surface area contributed by atoms with Gasteiger partial charge in [-0.3, -0.25) is 4.90 Å². The van der Waals surface area contributed by atoms with Gasteiger partial charge in [0.05, 0.1) is 13.2 Å². The van der Waals surface area contributed by atoms with Crippen LogP contribution in [0.3, 0.4) is 0 Å². The first-order valence-corrected chi connectivity index (χ1v) is 6.04. The molecule has 0 atom stereocenters. The van der Waals surface area contributed by atoms with Gasteiger partial charge in [0.2, 0.25) is 0 Å². The minimum atomic E-state index is -0.923. The van der Waals surface area contributed by atoms with Gasteiger partial charge in [0.15, 0.2) is 0 Å². The van der Waals surface area contributed by atoms with E-state index in [2.05, 4.69) is 11.0 Å². The minimum Gasteiger partial charge on any atom is -0.478 e. The first-order chi connectivity index (χ1) is 8.74. The second-order valence-corrected chi connectivity index (χ2v) is 4.31. The largest absolute Gasteiger partial charge is 0.478 e. The number of hydrogen-bond acceptors (Lipinski definition) is 3. The van der Waals surface area contributed by atoms with Gasteiger partial charge in [-0.25, -0.2) is 4.79 Å². The molecule has 4 heteroatoms. The van der Waals surface area contributed by atoms with Crippen LogP contribution < -0.4 is 0 Å². The van der Waals surface area contributed by atoms with E-state index in [0.717, 1.165) is 44.5 Å². The lowest BCUT2D eigenvalue weighted by atomic mass is 10.1. The first kappa shape index (κ1) is 12.8. The molecule has 0 aliphatic carbocycles. The summed E-state index contributed by atoms with van der Waals surface area (Å²) in [5.41, 5.74) is 2.12. The molecule has 1 saturated heterocycles. The van der Waals surface area contributed by atoms with Crippen molar-refractivity contribution in [3.63, 3.8) is 0 Å². The molecule has 0 unspecified atom stereocenters. The van der Waals surface area contributed by atoms with Crippen molar-refractivity contribution in [2.24, 2.45) is 0 Å². The summed E-state index contributed by atoms with van der Waals surface area (Å²) >= 11 is 0. The fourth-order valence-electron chi connectivity index (χ4n) is 1.98.